The molecular formula is C21H23N7O7. The Balaban J connectivity index is 1.41. The molecule has 0 spiro atoms. The summed E-state index contributed by atoms with van der Waals surface area (Å²) in [5, 5.41) is 34.0. The number of tetrazole rings is 1. The van der Waals surface area contributed by atoms with E-state index in [9.17, 15) is 29.6 Å². The summed E-state index contributed by atoms with van der Waals surface area (Å²) in [5.41, 5.74) is 0.825. The van der Waals surface area contributed by atoms with E-state index < -0.39 is 35.5 Å². The zero-order valence-electron chi connectivity index (χ0n) is 18.9. The fraction of sp³-hybridized carbons (Fsp3) is 0.429. The van der Waals surface area contributed by atoms with Crippen molar-refractivity contribution in [1.29, 1.82) is 0 Å². The molecule has 1 saturated heterocycles. The van der Waals surface area contributed by atoms with Gasteiger partial charge < -0.3 is 20.1 Å². The summed E-state index contributed by atoms with van der Waals surface area (Å²) in [5.74, 6) is -2.43. The normalized spacial score (nSPS) is 21.9. The maximum Gasteiger partial charge on any atom is 0.355 e. The molecule has 0 bridgehead atoms. The number of benzene rings is 1. The van der Waals surface area contributed by atoms with Crippen molar-refractivity contribution in [3.8, 4) is 0 Å². The molecule has 35 heavy (non-hydrogen) atoms. The van der Waals surface area contributed by atoms with Crippen LogP contribution in [0.25, 0.3) is 0 Å². The van der Waals surface area contributed by atoms with Crippen LogP contribution >= 0.6 is 0 Å². The summed E-state index contributed by atoms with van der Waals surface area (Å²) in [4.78, 5) is 49.8. The number of nitrogens with zero attached hydrogens (tertiary/aromatic N) is 6. The van der Waals surface area contributed by atoms with Gasteiger partial charge in [-0.05, 0) is 40.6 Å². The molecule has 0 saturated carbocycles. The summed E-state index contributed by atoms with van der Waals surface area (Å²) >= 11 is 0. The number of nitro benzene ring substituents is 1. The van der Waals surface area contributed by atoms with Gasteiger partial charge in [-0.15, -0.1) is 5.10 Å². The Morgan fingerprint density at radius 3 is 2.63 bits per heavy atom. The van der Waals surface area contributed by atoms with E-state index in [2.05, 4.69) is 20.8 Å². The number of esters is 1. The van der Waals surface area contributed by atoms with Crippen LogP contribution in [0.2, 0.25) is 0 Å². The molecule has 14 nitrogen and oxygen atoms in total. The van der Waals surface area contributed by atoms with E-state index in [4.69, 9.17) is 4.74 Å². The number of ether oxygens (including phenoxy) is 1. The van der Waals surface area contributed by atoms with Crippen molar-refractivity contribution in [3.63, 3.8) is 0 Å². The van der Waals surface area contributed by atoms with Gasteiger partial charge in [0.2, 0.25) is 11.8 Å². The summed E-state index contributed by atoms with van der Waals surface area (Å²) < 4.78 is 6.60. The molecule has 184 valence electrons. The fourth-order valence-electron chi connectivity index (χ4n) is 4.58. The Morgan fingerprint density at radius 1 is 1.31 bits per heavy atom. The first-order valence-electron chi connectivity index (χ1n) is 10.8. The Kier molecular flexibility index (Phi) is 6.55. The van der Waals surface area contributed by atoms with Crippen molar-refractivity contribution in [2.24, 2.45) is 11.8 Å². The zero-order chi connectivity index (χ0) is 25.3. The lowest BCUT2D eigenvalue weighted by molar-refractivity contribution is -0.384. The Labute approximate surface area is 198 Å². The molecular weight excluding hydrogens is 462 g/mol. The lowest BCUT2D eigenvalue weighted by Gasteiger charge is -2.48. The molecule has 1 unspecified atom stereocenters. The zero-order valence-corrected chi connectivity index (χ0v) is 18.9. The van der Waals surface area contributed by atoms with Crippen LogP contribution in [0.4, 0.5) is 5.69 Å². The maximum absolute atomic E-state index is 13.0. The number of nitro groups is 1. The molecule has 1 fully saturated rings. The van der Waals surface area contributed by atoms with Crippen LogP contribution in [0.15, 0.2) is 41.9 Å². The van der Waals surface area contributed by atoms with Crippen molar-refractivity contribution >= 4 is 23.5 Å². The third-order valence-corrected chi connectivity index (χ3v) is 6.30. The van der Waals surface area contributed by atoms with Crippen molar-refractivity contribution in [3.05, 3.63) is 57.5 Å². The van der Waals surface area contributed by atoms with Crippen LogP contribution in [-0.2, 0) is 32.3 Å². The van der Waals surface area contributed by atoms with Crippen LogP contribution < -0.4 is 5.32 Å². The predicted octanol–water partition coefficient (Wildman–Crippen LogP) is -0.447. The highest BCUT2D eigenvalue weighted by molar-refractivity contribution is 6.01. The molecule has 4 rings (SSSR count). The number of fused-ring (bicyclic) bond motifs is 1. The second-order valence-electron chi connectivity index (χ2n) is 8.41. The molecule has 14 heteroatoms. The van der Waals surface area contributed by atoms with Crippen LogP contribution in [0.3, 0.4) is 0 Å². The smallest absolute Gasteiger partial charge is 0.355 e. The molecule has 2 N–H and O–H groups in total. The third-order valence-electron chi connectivity index (χ3n) is 6.30. The number of carbonyl (C=O) groups is 3. The van der Waals surface area contributed by atoms with Crippen molar-refractivity contribution in [2.45, 2.75) is 39.1 Å². The van der Waals surface area contributed by atoms with E-state index in [1.54, 1.807) is 13.8 Å². The van der Waals surface area contributed by atoms with Gasteiger partial charge in [-0.1, -0.05) is 6.92 Å². The maximum atomic E-state index is 13.0. The molecule has 1 aromatic heterocycles. The molecule has 2 aromatic rings. The lowest BCUT2D eigenvalue weighted by Crippen LogP contribution is -2.66. The quantitative estimate of drug-likeness (QED) is 0.204. The van der Waals surface area contributed by atoms with E-state index in [1.165, 1.54) is 40.2 Å². The Morgan fingerprint density at radius 2 is 2.03 bits per heavy atom. The number of aliphatic hydroxyl groups excluding tert-OH is 1. The monoisotopic (exact) mass is 485 g/mol. The number of aromatic nitrogens is 4. The van der Waals surface area contributed by atoms with Crippen LogP contribution in [-0.4, -0.2) is 71.6 Å². The number of β-lactam (4-membered cyclic amide) rings is 1. The molecule has 4 atom stereocenters. The van der Waals surface area contributed by atoms with Crippen LogP contribution in [0.1, 0.15) is 19.4 Å². The molecule has 0 aliphatic carbocycles. The lowest BCUT2D eigenvalue weighted by atomic mass is 9.76. The third kappa shape index (κ3) is 4.47. The van der Waals surface area contributed by atoms with E-state index in [0.29, 0.717) is 11.1 Å². The molecule has 2 amide bonds. The number of carbonyl (C=O) groups excluding carboxylic acids is 3. The second kappa shape index (κ2) is 9.58. The number of amides is 2. The molecule has 0 radical (unpaired) electrons. The van der Waals surface area contributed by atoms with Crippen LogP contribution in [0.5, 0.6) is 0 Å². The number of aliphatic hydroxyl groups is 1. The highest BCUT2D eigenvalue weighted by Gasteiger charge is 2.60. The van der Waals surface area contributed by atoms with Gasteiger partial charge in [0.15, 0.2) is 0 Å². The van der Waals surface area contributed by atoms with E-state index in [0.717, 1.165) is 0 Å². The SMILES string of the molecule is CC(NC(=O)Cn1cnnn1)[C@H]1C(=O)N2C(C(=O)OCc3ccc([N+](=O)[O-])cc3)=C(CO)[C@H](C)[C@H]12. The predicted molar refractivity (Wildman–Crippen MR) is 116 cm³/mol. The van der Waals surface area contributed by atoms with Gasteiger partial charge in [-0.25, -0.2) is 9.48 Å². The van der Waals surface area contributed by atoms with Gasteiger partial charge in [-0.3, -0.25) is 19.7 Å². The number of hydrogen-bond acceptors (Lipinski definition) is 10. The average molecular weight is 485 g/mol. The van der Waals surface area contributed by atoms with Crippen molar-refractivity contribution in [2.75, 3.05) is 6.61 Å². The first kappa shape index (κ1) is 23.9. The average Bonchev–Trinajstić information content (AvgIpc) is 3.41. The van der Waals surface area contributed by atoms with E-state index in [-0.39, 0.29) is 42.3 Å². The molecule has 3 heterocycles. The minimum atomic E-state index is -0.774. The number of nitrogens with one attached hydrogen (secondary N) is 1. The van der Waals surface area contributed by atoms with E-state index in [1.807, 2.05) is 0 Å². The number of rotatable bonds is 9. The summed E-state index contributed by atoms with van der Waals surface area (Å²) in [7, 11) is 0. The number of hydrogen-bond donors (Lipinski definition) is 2. The highest BCUT2D eigenvalue weighted by Crippen LogP contribution is 2.47. The van der Waals surface area contributed by atoms with E-state index >= 15 is 0 Å². The van der Waals surface area contributed by atoms with Crippen molar-refractivity contribution < 1.29 is 29.2 Å². The minimum Gasteiger partial charge on any atom is -0.456 e. The second-order valence-corrected chi connectivity index (χ2v) is 8.41. The molecule has 2 aliphatic heterocycles. The highest BCUT2D eigenvalue weighted by atomic mass is 16.6. The molecule has 1 aromatic carbocycles. The van der Waals surface area contributed by atoms with Gasteiger partial charge in [0.05, 0.1) is 23.5 Å². The Hall–Kier alpha value is -4.20. The summed E-state index contributed by atoms with van der Waals surface area (Å²) in [6, 6.07) is 4.58. The van der Waals surface area contributed by atoms with Gasteiger partial charge in [-0.2, -0.15) is 0 Å². The number of non-ortho nitro benzene ring substituents is 1. The van der Waals surface area contributed by atoms with Gasteiger partial charge in [0.1, 0.15) is 25.2 Å². The Bertz CT molecular complexity index is 1180. The first-order chi connectivity index (χ1) is 16.7. The van der Waals surface area contributed by atoms with Crippen LogP contribution in [0, 0.1) is 22.0 Å². The molecule has 2 aliphatic rings. The van der Waals surface area contributed by atoms with Gasteiger partial charge in [0, 0.05) is 24.1 Å². The fourth-order valence-corrected chi connectivity index (χ4v) is 4.58. The summed E-state index contributed by atoms with van der Waals surface area (Å²) in [6.45, 7) is 2.80. The van der Waals surface area contributed by atoms with Gasteiger partial charge in [0.25, 0.3) is 5.69 Å². The minimum absolute atomic E-state index is 0.000350. The first-order valence-corrected chi connectivity index (χ1v) is 10.8. The van der Waals surface area contributed by atoms with Gasteiger partial charge >= 0.3 is 5.97 Å². The van der Waals surface area contributed by atoms with Crippen molar-refractivity contribution in [1.82, 2.24) is 30.4 Å². The standard InChI is InChI=1S/C21H23N7O7/c1-11-15(8-29)19(21(32)35-9-13-3-5-14(6-4-13)28(33)34)27-18(11)17(20(27)31)12(2)23-16(30)7-26-10-22-24-25-26/h3-6,10-12,17-18,29H,7-9H2,1-2H3,(H,23,30)/t11-,12?,17+,18+/m0/s1. The largest absolute Gasteiger partial charge is 0.456 e. The topological polar surface area (TPSA) is 183 Å². The summed E-state index contributed by atoms with van der Waals surface area (Å²) in [6.07, 6.45) is 1.30.